The normalized spacial score (nSPS) is 12.7. The number of alkyl halides is 5. The first-order chi connectivity index (χ1) is 9.01. The van der Waals surface area contributed by atoms with Crippen LogP contribution in [0.2, 0.25) is 0 Å². The summed E-state index contributed by atoms with van der Waals surface area (Å²) in [7, 11) is -4.78. The Morgan fingerprint density at radius 1 is 1.10 bits per heavy atom. The lowest BCUT2D eigenvalue weighted by Gasteiger charge is -2.21. The van der Waals surface area contributed by atoms with Crippen molar-refractivity contribution in [3.8, 4) is 5.75 Å². The van der Waals surface area contributed by atoms with Gasteiger partial charge in [0.1, 0.15) is 10.6 Å². The summed E-state index contributed by atoms with van der Waals surface area (Å²) in [6.07, 6.45) is -11.0. The Bertz CT molecular complexity index is 649. The van der Waals surface area contributed by atoms with Gasteiger partial charge in [-0.2, -0.15) is 30.4 Å². The van der Waals surface area contributed by atoms with Crippen LogP contribution in [-0.2, 0) is 14.8 Å². The van der Waals surface area contributed by atoms with Gasteiger partial charge in [0.05, 0.1) is 0 Å². The second-order valence-corrected chi connectivity index (χ2v) is 4.79. The highest BCUT2D eigenvalue weighted by molar-refractivity contribution is 7.90. The van der Waals surface area contributed by atoms with Crippen LogP contribution in [0, 0.1) is 0 Å². The van der Waals surface area contributed by atoms with Crippen LogP contribution in [0.1, 0.15) is 0 Å². The molecule has 1 rings (SSSR count). The van der Waals surface area contributed by atoms with Crippen LogP contribution in [-0.4, -0.2) is 26.8 Å². The minimum Gasteiger partial charge on any atom is -0.424 e. The zero-order valence-corrected chi connectivity index (χ0v) is 10.0. The summed E-state index contributed by atoms with van der Waals surface area (Å²) in [4.78, 5) is 8.79. The number of nitrogens with zero attached hydrogens (tertiary/aromatic N) is 1. The Balaban J connectivity index is 3.33. The standard InChI is InChI=1S/C9H4F5NO4S/c10-8(11,12)9(13,14)19-6-3-1-2-4-7(6)20(17,18)15-5-16/h1-4H. The lowest BCUT2D eigenvalue weighted by atomic mass is 10.3. The second-order valence-electron chi connectivity index (χ2n) is 3.22. The summed E-state index contributed by atoms with van der Waals surface area (Å²) in [5.41, 5.74) is 0. The zero-order chi connectivity index (χ0) is 15.6. The Hall–Kier alpha value is -2.00. The average molecular weight is 317 g/mol. The van der Waals surface area contributed by atoms with Gasteiger partial charge in [-0.05, 0) is 12.1 Å². The third-order valence-corrected chi connectivity index (χ3v) is 3.06. The molecule has 0 aliphatic rings. The fourth-order valence-corrected chi connectivity index (χ4v) is 1.85. The van der Waals surface area contributed by atoms with Gasteiger partial charge < -0.3 is 4.74 Å². The molecule has 0 bridgehead atoms. The van der Waals surface area contributed by atoms with Crippen LogP contribution < -0.4 is 4.74 Å². The van der Waals surface area contributed by atoms with E-state index in [1.165, 1.54) is 0 Å². The molecule has 110 valence electrons. The highest BCUT2D eigenvalue weighted by Crippen LogP contribution is 2.39. The van der Waals surface area contributed by atoms with Gasteiger partial charge in [-0.25, -0.2) is 4.79 Å². The number of para-hydroxylation sites is 1. The predicted octanol–water partition coefficient (Wildman–Crippen LogP) is 2.25. The highest BCUT2D eigenvalue weighted by Gasteiger charge is 2.61. The molecule has 0 saturated heterocycles. The van der Waals surface area contributed by atoms with Crippen LogP contribution in [0.25, 0.3) is 0 Å². The molecule has 20 heavy (non-hydrogen) atoms. The van der Waals surface area contributed by atoms with Crippen molar-refractivity contribution < 1.29 is 39.9 Å². The second kappa shape index (κ2) is 5.17. The van der Waals surface area contributed by atoms with Crippen molar-refractivity contribution in [2.24, 2.45) is 4.40 Å². The summed E-state index contributed by atoms with van der Waals surface area (Å²) >= 11 is 0. The van der Waals surface area contributed by atoms with Gasteiger partial charge in [-0.15, -0.1) is 0 Å². The van der Waals surface area contributed by atoms with Gasteiger partial charge in [0.25, 0.3) is 16.1 Å². The SMILES string of the molecule is O=C=NS(=O)(=O)c1ccccc1OC(F)(F)C(F)(F)F. The average Bonchev–Trinajstić information content (AvgIpc) is 2.27. The first kappa shape index (κ1) is 16.1. The Morgan fingerprint density at radius 2 is 1.65 bits per heavy atom. The molecule has 11 heteroatoms. The number of halogens is 5. The highest BCUT2D eigenvalue weighted by atomic mass is 32.2. The largest absolute Gasteiger partial charge is 0.499 e. The maximum absolute atomic E-state index is 12.7. The topological polar surface area (TPSA) is 72.8 Å². The summed E-state index contributed by atoms with van der Waals surface area (Å²) < 4.78 is 89.8. The molecule has 5 nitrogen and oxygen atoms in total. The van der Waals surface area contributed by atoms with E-state index in [1.54, 1.807) is 0 Å². The molecule has 0 atom stereocenters. The molecule has 0 aliphatic heterocycles. The van der Waals surface area contributed by atoms with E-state index in [1.807, 2.05) is 0 Å². The molecule has 0 heterocycles. The summed E-state index contributed by atoms with van der Waals surface area (Å²) in [6, 6.07) is 3.20. The van der Waals surface area contributed by atoms with Crippen molar-refractivity contribution >= 4 is 16.1 Å². The number of hydrogen-bond acceptors (Lipinski definition) is 4. The van der Waals surface area contributed by atoms with Crippen LogP contribution in [0.4, 0.5) is 22.0 Å². The molecule has 0 radical (unpaired) electrons. The molecule has 0 N–H and O–H groups in total. The molecule has 0 aromatic heterocycles. The van der Waals surface area contributed by atoms with E-state index in [-0.39, 0.29) is 0 Å². The molecule has 1 aromatic carbocycles. The zero-order valence-electron chi connectivity index (χ0n) is 9.19. The number of benzene rings is 1. The minimum atomic E-state index is -6.04. The van der Waals surface area contributed by atoms with Crippen LogP contribution >= 0.6 is 0 Å². The lowest BCUT2D eigenvalue weighted by Crippen LogP contribution is -2.42. The number of ether oxygens (including phenoxy) is 1. The van der Waals surface area contributed by atoms with Gasteiger partial charge in [0, 0.05) is 0 Å². The van der Waals surface area contributed by atoms with Gasteiger partial charge in [0.15, 0.2) is 0 Å². The fraction of sp³-hybridized carbons (Fsp3) is 0.222. The van der Waals surface area contributed by atoms with Gasteiger partial charge in [-0.1, -0.05) is 16.5 Å². The summed E-state index contributed by atoms with van der Waals surface area (Å²) in [5, 5.41) is 0. The summed E-state index contributed by atoms with van der Waals surface area (Å²) in [6.45, 7) is 0. The van der Waals surface area contributed by atoms with Crippen LogP contribution in [0.3, 0.4) is 0 Å². The van der Waals surface area contributed by atoms with Crippen molar-refractivity contribution in [1.29, 1.82) is 0 Å². The van der Waals surface area contributed by atoms with Crippen LogP contribution in [0.15, 0.2) is 33.6 Å². The van der Waals surface area contributed by atoms with E-state index in [0.717, 1.165) is 12.1 Å². The van der Waals surface area contributed by atoms with E-state index in [2.05, 4.69) is 9.13 Å². The van der Waals surface area contributed by atoms with E-state index < -0.39 is 33.0 Å². The number of rotatable bonds is 4. The van der Waals surface area contributed by atoms with Crippen molar-refractivity contribution in [2.45, 2.75) is 17.2 Å². The van der Waals surface area contributed by atoms with Crippen molar-refractivity contribution in [2.75, 3.05) is 0 Å². The first-order valence-corrected chi connectivity index (χ1v) is 6.02. The number of carbonyl (C=O) groups excluding carboxylic acids is 1. The third-order valence-electron chi connectivity index (χ3n) is 1.85. The number of sulfonamides is 1. The first-order valence-electron chi connectivity index (χ1n) is 4.58. The predicted molar refractivity (Wildman–Crippen MR) is 53.4 cm³/mol. The van der Waals surface area contributed by atoms with Crippen molar-refractivity contribution in [3.05, 3.63) is 24.3 Å². The lowest BCUT2D eigenvalue weighted by molar-refractivity contribution is -0.361. The van der Waals surface area contributed by atoms with Gasteiger partial charge in [0.2, 0.25) is 0 Å². The molecular formula is C9H4F5NO4S. The molecule has 0 amide bonds. The van der Waals surface area contributed by atoms with E-state index in [9.17, 15) is 35.2 Å². The molecular weight excluding hydrogens is 313 g/mol. The third kappa shape index (κ3) is 3.31. The fourth-order valence-electron chi connectivity index (χ4n) is 1.04. The maximum Gasteiger partial charge on any atom is 0.499 e. The monoisotopic (exact) mass is 317 g/mol. The molecule has 0 unspecified atom stereocenters. The van der Waals surface area contributed by atoms with E-state index in [0.29, 0.717) is 18.2 Å². The number of hydrogen-bond donors (Lipinski definition) is 0. The molecule has 0 spiro atoms. The van der Waals surface area contributed by atoms with E-state index in [4.69, 9.17) is 0 Å². The smallest absolute Gasteiger partial charge is 0.424 e. The number of isocyanates is 1. The minimum absolute atomic E-state index is 0.562. The Kier molecular flexibility index (Phi) is 4.15. The summed E-state index contributed by atoms with van der Waals surface area (Å²) in [5.74, 6) is -1.30. The van der Waals surface area contributed by atoms with Crippen molar-refractivity contribution in [1.82, 2.24) is 0 Å². The van der Waals surface area contributed by atoms with Gasteiger partial charge >= 0.3 is 12.3 Å². The van der Waals surface area contributed by atoms with E-state index >= 15 is 0 Å². The molecule has 0 saturated carbocycles. The van der Waals surface area contributed by atoms with Gasteiger partial charge in [-0.3, -0.25) is 0 Å². The molecule has 0 fully saturated rings. The Labute approximate surface area is 108 Å². The quantitative estimate of drug-likeness (QED) is 0.485. The van der Waals surface area contributed by atoms with Crippen LogP contribution in [0.5, 0.6) is 5.75 Å². The maximum atomic E-state index is 12.7. The Morgan fingerprint density at radius 3 is 2.15 bits per heavy atom. The molecule has 1 aromatic rings. The molecule has 0 aliphatic carbocycles. The van der Waals surface area contributed by atoms with Crippen molar-refractivity contribution in [3.63, 3.8) is 0 Å².